The quantitative estimate of drug-likeness (QED) is 0.469. The molecule has 23 heavy (non-hydrogen) atoms. The monoisotopic (exact) mass is 360 g/mol. The number of rotatable bonds is 10. The maximum atomic E-state index is 12.4. The molecule has 0 aromatic carbocycles. The lowest BCUT2D eigenvalue weighted by atomic mass is 9.94. The fraction of sp³-hybridized carbons (Fsp3) is 0.706. The molecule has 6 heteroatoms. The van der Waals surface area contributed by atoms with Gasteiger partial charge in [0, 0.05) is 16.0 Å². The first-order chi connectivity index (χ1) is 10.8. The number of carbonyl (C=O) groups excluding carboxylic acids is 1. The first-order valence-electron chi connectivity index (χ1n) is 8.10. The number of sulfone groups is 1. The van der Waals surface area contributed by atoms with Crippen molar-refractivity contribution in [1.82, 2.24) is 0 Å². The second-order valence-electron chi connectivity index (χ2n) is 6.08. The van der Waals surface area contributed by atoms with Crippen LogP contribution in [0.5, 0.6) is 0 Å². The van der Waals surface area contributed by atoms with Crippen molar-refractivity contribution in [1.29, 1.82) is 0 Å². The maximum Gasteiger partial charge on any atom is 0.327 e. The highest BCUT2D eigenvalue weighted by molar-refractivity contribution is 7.92. The van der Waals surface area contributed by atoms with E-state index in [-0.39, 0.29) is 0 Å². The predicted octanol–water partition coefficient (Wildman–Crippen LogP) is 3.92. The molecule has 0 aliphatic rings. The van der Waals surface area contributed by atoms with Crippen LogP contribution in [0, 0.1) is 6.92 Å². The number of ether oxygens (including phenoxy) is 1. The molecule has 0 radical (unpaired) electrons. The Morgan fingerprint density at radius 2 is 1.87 bits per heavy atom. The van der Waals surface area contributed by atoms with Crippen LogP contribution in [-0.2, 0) is 25.8 Å². The highest BCUT2D eigenvalue weighted by Gasteiger charge is 2.48. The number of carbonyl (C=O) groups is 1. The fourth-order valence-corrected chi connectivity index (χ4v) is 5.21. The van der Waals surface area contributed by atoms with E-state index in [0.717, 1.165) is 31.9 Å². The van der Waals surface area contributed by atoms with Gasteiger partial charge in [0.15, 0.2) is 14.6 Å². The van der Waals surface area contributed by atoms with Gasteiger partial charge in [0.05, 0.1) is 7.11 Å². The van der Waals surface area contributed by atoms with Crippen LogP contribution in [0.15, 0.2) is 12.1 Å². The van der Waals surface area contributed by atoms with Crippen molar-refractivity contribution >= 4 is 27.1 Å². The third-order valence-corrected chi connectivity index (χ3v) is 7.31. The Kier molecular flexibility index (Phi) is 7.74. The molecule has 0 aliphatic carbocycles. The first kappa shape index (κ1) is 20.2. The minimum atomic E-state index is -3.54. The molecule has 1 aromatic heterocycles. The van der Waals surface area contributed by atoms with Crippen molar-refractivity contribution in [3.8, 4) is 0 Å². The van der Waals surface area contributed by atoms with Crippen LogP contribution in [0.1, 0.15) is 55.2 Å². The lowest BCUT2D eigenvalue weighted by molar-refractivity contribution is -0.144. The molecule has 0 bridgehead atoms. The highest BCUT2D eigenvalue weighted by atomic mass is 32.2. The summed E-state index contributed by atoms with van der Waals surface area (Å²) in [6, 6.07) is 4.13. The van der Waals surface area contributed by atoms with Gasteiger partial charge in [-0.3, -0.25) is 4.79 Å². The molecule has 0 spiro atoms. The molecule has 4 nitrogen and oxygen atoms in total. The Hall–Kier alpha value is -0.880. The number of methoxy groups -OCH3 is 1. The van der Waals surface area contributed by atoms with E-state index in [1.54, 1.807) is 11.3 Å². The summed E-state index contributed by atoms with van der Waals surface area (Å²) in [6.45, 7) is 4.10. The molecular formula is C17H28O4S2. The van der Waals surface area contributed by atoms with Gasteiger partial charge in [-0.15, -0.1) is 11.3 Å². The van der Waals surface area contributed by atoms with E-state index in [1.807, 2.05) is 6.92 Å². The number of unbranched alkanes of at least 4 members (excludes halogenated alkanes) is 2. The first-order valence-corrected chi connectivity index (χ1v) is 10.8. The third-order valence-electron chi connectivity index (χ3n) is 4.25. The van der Waals surface area contributed by atoms with Gasteiger partial charge in [-0.25, -0.2) is 8.42 Å². The van der Waals surface area contributed by atoms with Crippen molar-refractivity contribution in [2.45, 2.75) is 63.5 Å². The predicted molar refractivity (Wildman–Crippen MR) is 95.7 cm³/mol. The van der Waals surface area contributed by atoms with Crippen molar-refractivity contribution in [2.75, 3.05) is 13.4 Å². The van der Waals surface area contributed by atoms with E-state index in [0.29, 0.717) is 19.3 Å². The lowest BCUT2D eigenvalue weighted by Crippen LogP contribution is -2.47. The van der Waals surface area contributed by atoms with Crippen molar-refractivity contribution < 1.29 is 17.9 Å². The van der Waals surface area contributed by atoms with Gasteiger partial charge in [-0.2, -0.15) is 0 Å². The Morgan fingerprint density at radius 3 is 2.35 bits per heavy atom. The average molecular weight is 361 g/mol. The minimum Gasteiger partial charge on any atom is -0.468 e. The molecule has 0 aliphatic heterocycles. The molecule has 1 heterocycles. The molecule has 0 amide bonds. The summed E-state index contributed by atoms with van der Waals surface area (Å²) in [5.74, 6) is -0.613. The average Bonchev–Trinajstić information content (AvgIpc) is 2.89. The normalized spacial score (nSPS) is 14.4. The van der Waals surface area contributed by atoms with Crippen LogP contribution in [-0.4, -0.2) is 32.5 Å². The molecule has 0 saturated heterocycles. The van der Waals surface area contributed by atoms with Crippen LogP contribution >= 0.6 is 11.3 Å². The topological polar surface area (TPSA) is 60.4 Å². The maximum absolute atomic E-state index is 12.4. The van der Waals surface area contributed by atoms with Gasteiger partial charge in [0.1, 0.15) is 0 Å². The zero-order valence-electron chi connectivity index (χ0n) is 14.6. The molecule has 1 atom stereocenters. The molecule has 1 rings (SSSR count). The van der Waals surface area contributed by atoms with E-state index in [2.05, 4.69) is 19.1 Å². The van der Waals surface area contributed by atoms with Crippen molar-refractivity contribution in [3.05, 3.63) is 21.9 Å². The van der Waals surface area contributed by atoms with Crippen LogP contribution in [0.2, 0.25) is 0 Å². The van der Waals surface area contributed by atoms with E-state index in [9.17, 15) is 13.2 Å². The second kappa shape index (κ2) is 8.83. The van der Waals surface area contributed by atoms with E-state index in [1.165, 1.54) is 16.9 Å². The molecule has 132 valence electrons. The van der Waals surface area contributed by atoms with Gasteiger partial charge in [-0.1, -0.05) is 26.2 Å². The smallest absolute Gasteiger partial charge is 0.327 e. The third kappa shape index (κ3) is 5.31. The molecule has 0 saturated carbocycles. The van der Waals surface area contributed by atoms with Crippen LogP contribution in [0.3, 0.4) is 0 Å². The molecular weight excluding hydrogens is 332 g/mol. The highest BCUT2D eigenvalue weighted by Crippen LogP contribution is 2.32. The number of esters is 1. The standard InChI is InChI=1S/C17H28O4S2/c1-5-6-7-12-17(16(18)21-3,23(4,19)20)13-8-9-15-11-10-14(2)22-15/h10-11H,5-9,12-13H2,1-4H3. The van der Waals surface area contributed by atoms with Gasteiger partial charge < -0.3 is 4.74 Å². The van der Waals surface area contributed by atoms with E-state index >= 15 is 0 Å². The second-order valence-corrected chi connectivity index (χ2v) is 9.78. The fourth-order valence-electron chi connectivity index (χ4n) is 2.87. The minimum absolute atomic E-state index is 0.319. The van der Waals surface area contributed by atoms with Crippen molar-refractivity contribution in [3.63, 3.8) is 0 Å². The lowest BCUT2D eigenvalue weighted by Gasteiger charge is -2.29. The van der Waals surface area contributed by atoms with E-state index < -0.39 is 20.6 Å². The zero-order valence-corrected chi connectivity index (χ0v) is 16.2. The Bertz CT molecular complexity index is 604. The summed E-state index contributed by atoms with van der Waals surface area (Å²) in [6.07, 6.45) is 5.89. The molecule has 0 N–H and O–H groups in total. The van der Waals surface area contributed by atoms with Gasteiger partial charge in [-0.05, 0) is 44.7 Å². The summed E-state index contributed by atoms with van der Waals surface area (Å²) < 4.78 is 28.3. The largest absolute Gasteiger partial charge is 0.468 e. The van der Waals surface area contributed by atoms with Crippen LogP contribution in [0.25, 0.3) is 0 Å². The Balaban J connectivity index is 2.89. The summed E-state index contributed by atoms with van der Waals surface area (Å²) >= 11 is 1.72. The molecule has 1 aromatic rings. The summed E-state index contributed by atoms with van der Waals surface area (Å²) in [4.78, 5) is 14.8. The van der Waals surface area contributed by atoms with Gasteiger partial charge in [0.2, 0.25) is 0 Å². The molecule has 1 unspecified atom stereocenters. The zero-order chi connectivity index (χ0) is 17.5. The van der Waals surface area contributed by atoms with Gasteiger partial charge in [0.25, 0.3) is 0 Å². The number of hydrogen-bond acceptors (Lipinski definition) is 5. The summed E-state index contributed by atoms with van der Waals surface area (Å²) in [5.41, 5.74) is 0. The molecule has 0 fully saturated rings. The SMILES string of the molecule is CCCCCC(CCCc1ccc(C)s1)(C(=O)OC)S(C)(=O)=O. The number of aryl methyl sites for hydroxylation is 2. The van der Waals surface area contributed by atoms with Crippen molar-refractivity contribution in [2.24, 2.45) is 0 Å². The van der Waals surface area contributed by atoms with Crippen LogP contribution < -0.4 is 0 Å². The number of thiophene rings is 1. The van der Waals surface area contributed by atoms with Gasteiger partial charge >= 0.3 is 5.97 Å². The summed E-state index contributed by atoms with van der Waals surface area (Å²) in [7, 11) is -2.27. The Labute approximate surface area is 144 Å². The van der Waals surface area contributed by atoms with E-state index in [4.69, 9.17) is 4.74 Å². The number of hydrogen-bond donors (Lipinski definition) is 0. The Morgan fingerprint density at radius 1 is 1.22 bits per heavy atom. The summed E-state index contributed by atoms with van der Waals surface area (Å²) in [5, 5.41) is 0. The van der Waals surface area contributed by atoms with Crippen LogP contribution in [0.4, 0.5) is 0 Å².